The van der Waals surface area contributed by atoms with Crippen LogP contribution in [0.3, 0.4) is 0 Å². The first kappa shape index (κ1) is 10.3. The molecule has 0 aromatic heterocycles. The molecule has 4 N–H and O–H groups in total. The summed E-state index contributed by atoms with van der Waals surface area (Å²) in [4.78, 5) is 0.815. The molecule has 0 aliphatic rings. The Balaban J connectivity index is 4.34. The van der Waals surface area contributed by atoms with E-state index in [0.29, 0.717) is 5.70 Å². The maximum absolute atomic E-state index is 5.65. The van der Waals surface area contributed by atoms with Crippen LogP contribution in [0.2, 0.25) is 0 Å². The van der Waals surface area contributed by atoms with Crippen LogP contribution in [0.25, 0.3) is 0 Å². The van der Waals surface area contributed by atoms with Crippen molar-refractivity contribution in [2.75, 3.05) is 0 Å². The predicted molar refractivity (Wildman–Crippen MR) is 52.6 cm³/mol. The van der Waals surface area contributed by atoms with E-state index < -0.39 is 0 Å². The zero-order valence-electron chi connectivity index (χ0n) is 6.71. The van der Waals surface area contributed by atoms with Gasteiger partial charge in [-0.15, -0.1) is 0 Å². The van der Waals surface area contributed by atoms with Gasteiger partial charge in [-0.1, -0.05) is 25.7 Å². The van der Waals surface area contributed by atoms with E-state index in [0.717, 1.165) is 23.3 Å². The van der Waals surface area contributed by atoms with E-state index in [2.05, 4.69) is 6.58 Å². The minimum absolute atomic E-state index is 0.675. The van der Waals surface area contributed by atoms with Crippen LogP contribution in [0.15, 0.2) is 35.4 Å². The Labute approximate surface area is 72.2 Å². The van der Waals surface area contributed by atoms with E-state index in [1.165, 1.54) is 0 Å². The van der Waals surface area contributed by atoms with Crippen LogP contribution in [0, 0.1) is 0 Å². The fourth-order valence-corrected chi connectivity index (χ4v) is 0.861. The molecule has 0 rings (SSSR count). The summed E-state index contributed by atoms with van der Waals surface area (Å²) in [6, 6.07) is 0. The van der Waals surface area contributed by atoms with Gasteiger partial charge in [0.15, 0.2) is 0 Å². The zero-order chi connectivity index (χ0) is 8.69. The standard InChI is InChI=1S/C8H14N2S/c1-3-5-6-7(9)8(4-2)11-10/h4-6H,2-3,9-10H2,1H3/b6-5-,8-7-. The third-order valence-electron chi connectivity index (χ3n) is 1.13. The molecule has 62 valence electrons. The number of hydrogen-bond acceptors (Lipinski definition) is 3. The normalized spacial score (nSPS) is 13.3. The van der Waals surface area contributed by atoms with Crippen LogP contribution in [0.1, 0.15) is 13.3 Å². The van der Waals surface area contributed by atoms with Crippen molar-refractivity contribution in [2.45, 2.75) is 13.3 Å². The van der Waals surface area contributed by atoms with Gasteiger partial charge in [0, 0.05) is 10.6 Å². The first-order valence-electron chi connectivity index (χ1n) is 3.41. The molecule has 0 atom stereocenters. The summed E-state index contributed by atoms with van der Waals surface area (Å²) >= 11 is 1.11. The molecular formula is C8H14N2S. The molecule has 0 saturated heterocycles. The van der Waals surface area contributed by atoms with Gasteiger partial charge >= 0.3 is 0 Å². The molecule has 2 nitrogen and oxygen atoms in total. The van der Waals surface area contributed by atoms with Crippen molar-refractivity contribution in [3.63, 3.8) is 0 Å². The third-order valence-corrected chi connectivity index (χ3v) is 1.79. The van der Waals surface area contributed by atoms with E-state index in [4.69, 9.17) is 10.9 Å². The van der Waals surface area contributed by atoms with Crippen LogP contribution < -0.4 is 10.9 Å². The second kappa shape index (κ2) is 6.07. The van der Waals surface area contributed by atoms with Gasteiger partial charge in [0.1, 0.15) is 0 Å². The second-order valence-corrected chi connectivity index (χ2v) is 2.63. The Kier molecular flexibility index (Phi) is 5.70. The lowest BCUT2D eigenvalue weighted by Gasteiger charge is -1.98. The maximum Gasteiger partial charge on any atom is 0.0462 e. The fraction of sp³-hybridized carbons (Fsp3) is 0.250. The summed E-state index contributed by atoms with van der Waals surface area (Å²) in [5.74, 6) is 0. The van der Waals surface area contributed by atoms with Crippen LogP contribution in [-0.2, 0) is 0 Å². The Morgan fingerprint density at radius 1 is 1.64 bits per heavy atom. The van der Waals surface area contributed by atoms with Gasteiger partial charge in [-0.2, -0.15) is 0 Å². The van der Waals surface area contributed by atoms with E-state index >= 15 is 0 Å². The highest BCUT2D eigenvalue weighted by Crippen LogP contribution is 2.12. The molecule has 0 bridgehead atoms. The molecule has 0 heterocycles. The molecule has 0 radical (unpaired) electrons. The SMILES string of the molecule is C=C/C(SN)=C(N)\C=C/CC. The molecule has 0 aromatic rings. The van der Waals surface area contributed by atoms with Gasteiger partial charge in [0.25, 0.3) is 0 Å². The Hall–Kier alpha value is -0.670. The van der Waals surface area contributed by atoms with Gasteiger partial charge < -0.3 is 5.73 Å². The number of rotatable bonds is 4. The quantitative estimate of drug-likeness (QED) is 0.500. The van der Waals surface area contributed by atoms with Crippen LogP contribution in [-0.4, -0.2) is 0 Å². The lowest BCUT2D eigenvalue weighted by atomic mass is 10.3. The maximum atomic E-state index is 5.65. The average molecular weight is 170 g/mol. The summed E-state index contributed by atoms with van der Waals surface area (Å²) in [5, 5.41) is 5.33. The molecule has 0 spiro atoms. The van der Waals surface area contributed by atoms with E-state index in [-0.39, 0.29) is 0 Å². The monoisotopic (exact) mass is 170 g/mol. The zero-order valence-corrected chi connectivity index (χ0v) is 7.53. The van der Waals surface area contributed by atoms with E-state index in [1.807, 2.05) is 19.1 Å². The van der Waals surface area contributed by atoms with Crippen molar-refractivity contribution in [2.24, 2.45) is 10.9 Å². The smallest absolute Gasteiger partial charge is 0.0462 e. The van der Waals surface area contributed by atoms with Crippen molar-refractivity contribution in [1.29, 1.82) is 0 Å². The second-order valence-electron chi connectivity index (χ2n) is 1.95. The first-order chi connectivity index (χ1) is 5.26. The molecule has 0 saturated carbocycles. The van der Waals surface area contributed by atoms with E-state index in [1.54, 1.807) is 6.08 Å². The van der Waals surface area contributed by atoms with Gasteiger partial charge in [-0.25, -0.2) is 0 Å². The molecule has 0 unspecified atom stereocenters. The number of allylic oxidation sites excluding steroid dienone is 3. The minimum Gasteiger partial charge on any atom is -0.398 e. The van der Waals surface area contributed by atoms with Gasteiger partial charge in [0.05, 0.1) is 0 Å². The Morgan fingerprint density at radius 2 is 2.27 bits per heavy atom. The highest BCUT2D eigenvalue weighted by atomic mass is 32.2. The highest BCUT2D eigenvalue weighted by molar-refractivity contribution is 8.01. The van der Waals surface area contributed by atoms with Gasteiger partial charge in [-0.05, 0) is 24.4 Å². The van der Waals surface area contributed by atoms with Gasteiger partial charge in [-0.3, -0.25) is 5.14 Å². The van der Waals surface area contributed by atoms with Gasteiger partial charge in [0.2, 0.25) is 0 Å². The van der Waals surface area contributed by atoms with Crippen LogP contribution in [0.4, 0.5) is 0 Å². The summed E-state index contributed by atoms with van der Waals surface area (Å²) in [5.41, 5.74) is 6.32. The Morgan fingerprint density at radius 3 is 2.64 bits per heavy atom. The van der Waals surface area contributed by atoms with Crippen molar-refractivity contribution in [3.8, 4) is 0 Å². The summed E-state index contributed by atoms with van der Waals surface area (Å²) < 4.78 is 0. The number of hydrogen-bond donors (Lipinski definition) is 2. The third kappa shape index (κ3) is 3.91. The fourth-order valence-electron chi connectivity index (χ4n) is 0.561. The highest BCUT2D eigenvalue weighted by Gasteiger charge is 1.92. The molecule has 0 aliphatic carbocycles. The van der Waals surface area contributed by atoms with Crippen molar-refractivity contribution in [1.82, 2.24) is 0 Å². The topological polar surface area (TPSA) is 52.0 Å². The van der Waals surface area contributed by atoms with Crippen molar-refractivity contribution in [3.05, 3.63) is 35.4 Å². The summed E-state index contributed by atoms with van der Waals surface area (Å²) in [6.45, 7) is 5.64. The minimum atomic E-state index is 0.675. The van der Waals surface area contributed by atoms with E-state index in [9.17, 15) is 0 Å². The largest absolute Gasteiger partial charge is 0.398 e. The first-order valence-corrected chi connectivity index (χ1v) is 4.29. The summed E-state index contributed by atoms with van der Waals surface area (Å²) in [6.07, 6.45) is 6.45. The lowest BCUT2D eigenvalue weighted by Crippen LogP contribution is -1.97. The van der Waals surface area contributed by atoms with Crippen LogP contribution >= 0.6 is 11.9 Å². The Bertz CT molecular complexity index is 183. The molecule has 0 fully saturated rings. The average Bonchev–Trinajstić information content (AvgIpc) is 2.03. The molecular weight excluding hydrogens is 156 g/mol. The van der Waals surface area contributed by atoms with Crippen molar-refractivity contribution < 1.29 is 0 Å². The molecule has 0 aromatic carbocycles. The molecule has 0 aliphatic heterocycles. The predicted octanol–water partition coefficient (Wildman–Crippen LogP) is 1.92. The number of nitrogens with two attached hydrogens (primary N) is 2. The summed E-state index contributed by atoms with van der Waals surface area (Å²) in [7, 11) is 0. The molecule has 11 heavy (non-hydrogen) atoms. The van der Waals surface area contributed by atoms with Crippen molar-refractivity contribution >= 4 is 11.9 Å². The lowest BCUT2D eigenvalue weighted by molar-refractivity contribution is 1.21. The van der Waals surface area contributed by atoms with Crippen LogP contribution in [0.5, 0.6) is 0 Å². The molecule has 3 heteroatoms. The molecule has 0 amide bonds.